The third-order valence-corrected chi connectivity index (χ3v) is 2.02. The maximum Gasteiger partial charge on any atom is 0.210 e. The van der Waals surface area contributed by atoms with Crippen LogP contribution < -0.4 is 14.2 Å². The quantitative estimate of drug-likeness (QED) is 0.778. The molecule has 0 unspecified atom stereocenters. The lowest BCUT2D eigenvalue weighted by molar-refractivity contribution is 0.278. The minimum absolute atomic E-state index is 0.0728. The summed E-state index contributed by atoms with van der Waals surface area (Å²) in [6.45, 7) is 1.78. The smallest absolute Gasteiger partial charge is 0.210 e. The first kappa shape index (κ1) is 12.4. The van der Waals surface area contributed by atoms with Gasteiger partial charge < -0.3 is 19.3 Å². The Morgan fingerprint density at radius 1 is 1.19 bits per heavy atom. The number of ether oxygens (including phenoxy) is 3. The van der Waals surface area contributed by atoms with Gasteiger partial charge in [-0.1, -0.05) is 6.08 Å². The third-order valence-electron chi connectivity index (χ3n) is 2.02. The van der Waals surface area contributed by atoms with Gasteiger partial charge in [-0.25, -0.2) is 0 Å². The molecule has 4 nitrogen and oxygen atoms in total. The van der Waals surface area contributed by atoms with E-state index in [4.69, 9.17) is 19.3 Å². The summed E-state index contributed by atoms with van der Waals surface area (Å²) in [5.74, 6) is 1.56. The highest BCUT2D eigenvalue weighted by atomic mass is 16.5. The summed E-state index contributed by atoms with van der Waals surface area (Å²) in [5.41, 5.74) is 0.710. The average molecular weight is 224 g/mol. The lowest BCUT2D eigenvalue weighted by Gasteiger charge is -2.13. The second kappa shape index (κ2) is 6.02. The van der Waals surface area contributed by atoms with E-state index >= 15 is 0 Å². The molecule has 4 heteroatoms. The van der Waals surface area contributed by atoms with Crippen LogP contribution in [0, 0.1) is 0 Å². The highest BCUT2D eigenvalue weighted by molar-refractivity contribution is 5.54. The predicted octanol–water partition coefficient (Wildman–Crippen LogP) is 2.11. The van der Waals surface area contributed by atoms with Crippen LogP contribution >= 0.6 is 0 Å². The average Bonchev–Trinajstić information content (AvgIpc) is 2.35. The summed E-state index contributed by atoms with van der Waals surface area (Å²) in [4.78, 5) is 0. The summed E-state index contributed by atoms with van der Waals surface area (Å²) in [6, 6.07) is 3.42. The number of hydrogen-bond acceptors (Lipinski definition) is 4. The van der Waals surface area contributed by atoms with Gasteiger partial charge in [0.25, 0.3) is 0 Å². The molecule has 0 saturated heterocycles. The maximum atomic E-state index is 9.08. The standard InChI is InChI=1S/C12H16O4/c1-4-5-16-12-10(14-2)6-9(8-13)7-11(12)15-3/h4-7,13H,8H2,1-3H3/b5-4+. The molecule has 0 radical (unpaired) electrons. The molecular weight excluding hydrogens is 208 g/mol. The minimum Gasteiger partial charge on any atom is -0.493 e. The molecule has 0 heterocycles. The molecule has 1 rings (SSSR count). The van der Waals surface area contributed by atoms with Crippen molar-refractivity contribution in [3.05, 3.63) is 30.0 Å². The number of aliphatic hydroxyl groups is 1. The predicted molar refractivity (Wildman–Crippen MR) is 60.9 cm³/mol. The van der Waals surface area contributed by atoms with Crippen LogP contribution in [0.25, 0.3) is 0 Å². The van der Waals surface area contributed by atoms with E-state index in [1.807, 2.05) is 6.92 Å². The second-order valence-electron chi connectivity index (χ2n) is 3.07. The van der Waals surface area contributed by atoms with Crippen molar-refractivity contribution in [2.24, 2.45) is 0 Å². The van der Waals surface area contributed by atoms with Crippen molar-refractivity contribution >= 4 is 0 Å². The molecule has 0 aliphatic rings. The van der Waals surface area contributed by atoms with Crippen LogP contribution in [0.3, 0.4) is 0 Å². The van der Waals surface area contributed by atoms with Gasteiger partial charge in [-0.05, 0) is 24.6 Å². The number of rotatable bonds is 5. The summed E-state index contributed by atoms with van der Waals surface area (Å²) in [5, 5.41) is 9.08. The highest BCUT2D eigenvalue weighted by Gasteiger charge is 2.13. The van der Waals surface area contributed by atoms with Crippen LogP contribution in [-0.2, 0) is 6.61 Å². The molecule has 16 heavy (non-hydrogen) atoms. The summed E-state index contributed by atoms with van der Waals surface area (Å²) >= 11 is 0. The van der Waals surface area contributed by atoms with Gasteiger partial charge in [0.1, 0.15) is 0 Å². The van der Waals surface area contributed by atoms with Gasteiger partial charge in [-0.3, -0.25) is 0 Å². The van der Waals surface area contributed by atoms with Crippen molar-refractivity contribution in [1.82, 2.24) is 0 Å². The van der Waals surface area contributed by atoms with Crippen LogP contribution in [0.1, 0.15) is 12.5 Å². The van der Waals surface area contributed by atoms with Crippen LogP contribution in [0.2, 0.25) is 0 Å². The van der Waals surface area contributed by atoms with Crippen LogP contribution in [0.4, 0.5) is 0 Å². The molecule has 1 aromatic carbocycles. The Kier molecular flexibility index (Phi) is 4.66. The normalized spacial score (nSPS) is 10.5. The van der Waals surface area contributed by atoms with Gasteiger partial charge in [-0.15, -0.1) is 0 Å². The largest absolute Gasteiger partial charge is 0.493 e. The number of methoxy groups -OCH3 is 2. The molecule has 0 spiro atoms. The first-order chi connectivity index (χ1) is 7.76. The van der Waals surface area contributed by atoms with E-state index in [1.54, 1.807) is 38.7 Å². The van der Waals surface area contributed by atoms with Crippen molar-refractivity contribution in [1.29, 1.82) is 0 Å². The van der Waals surface area contributed by atoms with Crippen LogP contribution in [0.5, 0.6) is 17.2 Å². The molecule has 0 amide bonds. The Morgan fingerprint density at radius 2 is 1.75 bits per heavy atom. The van der Waals surface area contributed by atoms with E-state index in [1.165, 1.54) is 0 Å². The number of hydrogen-bond donors (Lipinski definition) is 1. The van der Waals surface area contributed by atoms with E-state index < -0.39 is 0 Å². The molecule has 0 aliphatic heterocycles. The number of aliphatic hydroxyl groups excluding tert-OH is 1. The molecule has 1 N–H and O–H groups in total. The maximum absolute atomic E-state index is 9.08. The Morgan fingerprint density at radius 3 is 2.12 bits per heavy atom. The summed E-state index contributed by atoms with van der Waals surface area (Å²) in [6.07, 6.45) is 3.30. The first-order valence-electron chi connectivity index (χ1n) is 4.90. The van der Waals surface area contributed by atoms with Crippen molar-refractivity contribution in [2.75, 3.05) is 14.2 Å². The fourth-order valence-corrected chi connectivity index (χ4v) is 1.28. The van der Waals surface area contributed by atoms with Gasteiger partial charge >= 0.3 is 0 Å². The van der Waals surface area contributed by atoms with E-state index in [0.717, 1.165) is 0 Å². The molecule has 0 atom stereocenters. The van der Waals surface area contributed by atoms with Gasteiger partial charge in [0.2, 0.25) is 5.75 Å². The molecule has 0 saturated carbocycles. The number of allylic oxidation sites excluding steroid dienone is 1. The third kappa shape index (κ3) is 2.67. The Bertz CT molecular complexity index is 346. The van der Waals surface area contributed by atoms with E-state index in [0.29, 0.717) is 22.8 Å². The topological polar surface area (TPSA) is 47.9 Å². The van der Waals surface area contributed by atoms with Crippen molar-refractivity contribution in [3.63, 3.8) is 0 Å². The molecule has 0 aromatic heterocycles. The fraction of sp³-hybridized carbons (Fsp3) is 0.333. The lowest BCUT2D eigenvalue weighted by atomic mass is 10.2. The van der Waals surface area contributed by atoms with Gasteiger partial charge in [-0.2, -0.15) is 0 Å². The summed E-state index contributed by atoms with van der Waals surface area (Å²) < 4.78 is 15.7. The Labute approximate surface area is 95.1 Å². The molecule has 0 fully saturated rings. The van der Waals surface area contributed by atoms with E-state index in [9.17, 15) is 0 Å². The van der Waals surface area contributed by atoms with Crippen LogP contribution in [-0.4, -0.2) is 19.3 Å². The van der Waals surface area contributed by atoms with Gasteiger partial charge in [0, 0.05) is 0 Å². The van der Waals surface area contributed by atoms with Gasteiger partial charge in [0.05, 0.1) is 27.1 Å². The lowest BCUT2D eigenvalue weighted by Crippen LogP contribution is -1.96. The zero-order valence-electron chi connectivity index (χ0n) is 9.69. The van der Waals surface area contributed by atoms with E-state index in [2.05, 4.69) is 0 Å². The molecule has 1 aromatic rings. The van der Waals surface area contributed by atoms with Crippen LogP contribution in [0.15, 0.2) is 24.5 Å². The highest BCUT2D eigenvalue weighted by Crippen LogP contribution is 2.38. The monoisotopic (exact) mass is 224 g/mol. The molecule has 0 aliphatic carbocycles. The zero-order valence-corrected chi connectivity index (χ0v) is 9.69. The molecule has 88 valence electrons. The molecular formula is C12H16O4. The number of benzene rings is 1. The first-order valence-corrected chi connectivity index (χ1v) is 4.90. The Balaban J connectivity index is 3.19. The fourth-order valence-electron chi connectivity index (χ4n) is 1.28. The summed E-state index contributed by atoms with van der Waals surface area (Å²) in [7, 11) is 3.08. The molecule has 0 bridgehead atoms. The Hall–Kier alpha value is -1.68. The van der Waals surface area contributed by atoms with Crippen molar-refractivity contribution < 1.29 is 19.3 Å². The van der Waals surface area contributed by atoms with Gasteiger partial charge in [0.15, 0.2) is 11.5 Å². The minimum atomic E-state index is -0.0728. The second-order valence-corrected chi connectivity index (χ2v) is 3.07. The SMILES string of the molecule is C/C=C/Oc1c(OC)cc(CO)cc1OC. The zero-order chi connectivity index (χ0) is 12.0. The van der Waals surface area contributed by atoms with Crippen molar-refractivity contribution in [3.8, 4) is 17.2 Å². The van der Waals surface area contributed by atoms with Crippen molar-refractivity contribution in [2.45, 2.75) is 13.5 Å². The van der Waals surface area contributed by atoms with E-state index in [-0.39, 0.29) is 6.61 Å².